The number of rotatable bonds is 17. The Morgan fingerprint density at radius 2 is 1.57 bits per heavy atom. The van der Waals surface area contributed by atoms with E-state index in [0.29, 0.717) is 5.82 Å². The molecule has 9 nitrogen and oxygen atoms in total. The van der Waals surface area contributed by atoms with Crippen molar-refractivity contribution in [3.63, 3.8) is 0 Å². The molecule has 1 amide bonds. The lowest BCUT2D eigenvalue weighted by Gasteiger charge is -2.15. The second-order valence-electron chi connectivity index (χ2n) is 10.4. The van der Waals surface area contributed by atoms with Crippen LogP contribution in [0.4, 0.5) is 0 Å². The number of ether oxygens (including phenoxy) is 1. The molecule has 0 bridgehead atoms. The second-order valence-corrected chi connectivity index (χ2v) is 10.4. The highest BCUT2D eigenvalue weighted by Gasteiger charge is 2.22. The van der Waals surface area contributed by atoms with Crippen LogP contribution in [-0.4, -0.2) is 51.9 Å². The van der Waals surface area contributed by atoms with Gasteiger partial charge in [0, 0.05) is 48.4 Å². The van der Waals surface area contributed by atoms with Crippen LogP contribution < -0.4 is 15.4 Å². The van der Waals surface area contributed by atoms with E-state index >= 15 is 0 Å². The van der Waals surface area contributed by atoms with E-state index in [4.69, 9.17) is 10.1 Å². The highest BCUT2D eigenvalue weighted by Crippen LogP contribution is 2.23. The number of aromatic nitrogens is 2. The number of carboxylic acids is 1. The Labute approximate surface area is 248 Å². The fourth-order valence-corrected chi connectivity index (χ4v) is 4.16. The quantitative estimate of drug-likeness (QED) is 0.0912. The van der Waals surface area contributed by atoms with Crippen LogP contribution in [0.15, 0.2) is 72.7 Å². The molecule has 1 unspecified atom stereocenters. The van der Waals surface area contributed by atoms with Gasteiger partial charge in [-0.1, -0.05) is 69.0 Å². The maximum atomic E-state index is 12.5. The highest BCUT2D eigenvalue weighted by atomic mass is 16.5. The van der Waals surface area contributed by atoms with Crippen molar-refractivity contribution in [2.24, 2.45) is 0 Å². The Balaban J connectivity index is 1.58. The zero-order chi connectivity index (χ0) is 30.3. The van der Waals surface area contributed by atoms with Crippen LogP contribution in [0.25, 0.3) is 22.5 Å². The van der Waals surface area contributed by atoms with E-state index in [1.54, 1.807) is 24.5 Å². The lowest BCUT2D eigenvalue weighted by molar-refractivity contribution is -0.141. The topological polar surface area (TPSA) is 137 Å². The van der Waals surface area contributed by atoms with Crippen molar-refractivity contribution >= 4 is 18.1 Å². The molecule has 222 valence electrons. The third kappa shape index (κ3) is 10.1. The highest BCUT2D eigenvalue weighted by molar-refractivity contribution is 6.12. The van der Waals surface area contributed by atoms with Crippen LogP contribution in [0.2, 0.25) is 0 Å². The smallest absolute Gasteiger partial charge is 0.326 e. The summed E-state index contributed by atoms with van der Waals surface area (Å²) in [6.45, 7) is 6.72. The predicted molar refractivity (Wildman–Crippen MR) is 166 cm³/mol. The first-order chi connectivity index (χ1) is 20.3. The van der Waals surface area contributed by atoms with Crippen LogP contribution in [0.1, 0.15) is 58.4 Å². The number of benzene rings is 2. The van der Waals surface area contributed by atoms with Crippen molar-refractivity contribution in [2.45, 2.75) is 71.4 Å². The van der Waals surface area contributed by atoms with E-state index < -0.39 is 17.9 Å². The summed E-state index contributed by atoms with van der Waals surface area (Å²) in [5.74, 6) is -0.383. The molecule has 1 atom stereocenters. The van der Waals surface area contributed by atoms with Gasteiger partial charge in [0.15, 0.2) is 5.82 Å². The number of unbranched alkanes of at least 4 members (excludes halogenated alkanes) is 4. The SMILES string of the molecule is CCCCCCCOc1ccc(-c2cnc(-c3ccc(CC(NC(=O)/C(C=N)=C/NC(C)C)C(=O)O)cc3)nc2)cc1. The number of carbonyl (C=O) groups is 2. The summed E-state index contributed by atoms with van der Waals surface area (Å²) in [6, 6.07) is 14.1. The molecule has 0 spiro atoms. The molecule has 0 aliphatic heterocycles. The van der Waals surface area contributed by atoms with Gasteiger partial charge >= 0.3 is 5.97 Å². The summed E-state index contributed by atoms with van der Waals surface area (Å²) in [5.41, 5.74) is 3.45. The van der Waals surface area contributed by atoms with Crippen LogP contribution >= 0.6 is 0 Å². The molecule has 42 heavy (non-hydrogen) atoms. The first-order valence-corrected chi connectivity index (χ1v) is 14.5. The molecule has 3 aromatic rings. The molecule has 3 rings (SSSR count). The summed E-state index contributed by atoms with van der Waals surface area (Å²) < 4.78 is 5.85. The molecule has 1 heterocycles. The first-order valence-electron chi connectivity index (χ1n) is 14.5. The van der Waals surface area contributed by atoms with Crippen molar-refractivity contribution in [3.8, 4) is 28.3 Å². The Bertz CT molecular complexity index is 1320. The maximum absolute atomic E-state index is 12.5. The van der Waals surface area contributed by atoms with Crippen molar-refractivity contribution in [1.29, 1.82) is 5.41 Å². The van der Waals surface area contributed by atoms with E-state index in [2.05, 4.69) is 27.5 Å². The molecule has 1 aromatic heterocycles. The van der Waals surface area contributed by atoms with E-state index in [1.165, 1.54) is 31.9 Å². The summed E-state index contributed by atoms with van der Waals surface area (Å²) >= 11 is 0. The summed E-state index contributed by atoms with van der Waals surface area (Å²) in [7, 11) is 0. The van der Waals surface area contributed by atoms with Gasteiger partial charge in [-0.25, -0.2) is 14.8 Å². The fraction of sp³-hybridized carbons (Fsp3) is 0.364. The van der Waals surface area contributed by atoms with Crippen LogP contribution in [-0.2, 0) is 16.0 Å². The largest absolute Gasteiger partial charge is 0.494 e. The Kier molecular flexibility index (Phi) is 12.7. The lowest BCUT2D eigenvalue weighted by atomic mass is 10.0. The van der Waals surface area contributed by atoms with Crippen LogP contribution in [0, 0.1) is 5.41 Å². The number of nitrogens with zero attached hydrogens (tertiary/aromatic N) is 2. The van der Waals surface area contributed by atoms with E-state index in [9.17, 15) is 14.7 Å². The predicted octanol–water partition coefficient (Wildman–Crippen LogP) is 5.80. The minimum Gasteiger partial charge on any atom is -0.494 e. The van der Waals surface area contributed by atoms with Gasteiger partial charge < -0.3 is 25.9 Å². The van der Waals surface area contributed by atoms with Gasteiger partial charge in [0.05, 0.1) is 12.2 Å². The third-order valence-electron chi connectivity index (χ3n) is 6.60. The van der Waals surface area contributed by atoms with Crippen molar-refractivity contribution in [3.05, 3.63) is 78.3 Å². The van der Waals surface area contributed by atoms with E-state index in [0.717, 1.165) is 47.2 Å². The van der Waals surface area contributed by atoms with E-state index in [1.807, 2.05) is 50.2 Å². The number of carboxylic acid groups (broad SMARTS) is 1. The zero-order valence-electron chi connectivity index (χ0n) is 24.6. The minimum atomic E-state index is -1.16. The summed E-state index contributed by atoms with van der Waals surface area (Å²) in [5, 5.41) is 22.6. The van der Waals surface area contributed by atoms with Gasteiger partial charge in [-0.15, -0.1) is 0 Å². The Hall–Kier alpha value is -4.53. The number of aliphatic carboxylic acids is 1. The monoisotopic (exact) mass is 571 g/mol. The number of nitrogens with one attached hydrogen (secondary N) is 3. The molecule has 0 aliphatic rings. The normalized spacial score (nSPS) is 12.0. The standard InChI is InChI=1S/C33H41N5O4/c1-4-5-6-7-8-17-42-29-15-13-25(14-16-29)28-21-36-31(37-22-28)26-11-9-24(10-12-26)18-30(33(40)41)38-32(39)27(19-34)20-35-23(2)3/h9-16,19-23,30,34-35H,4-8,17-18H2,1-3H3,(H,38,39)(H,40,41)/b27-20+,34-19?. The van der Waals surface area contributed by atoms with Crippen molar-refractivity contribution in [1.82, 2.24) is 20.6 Å². The summed E-state index contributed by atoms with van der Waals surface area (Å²) in [4.78, 5) is 33.4. The maximum Gasteiger partial charge on any atom is 0.326 e. The average Bonchev–Trinajstić information content (AvgIpc) is 2.99. The molecule has 0 saturated carbocycles. The number of hydrogen-bond acceptors (Lipinski definition) is 7. The van der Waals surface area contributed by atoms with E-state index in [-0.39, 0.29) is 18.0 Å². The molecule has 0 aliphatic carbocycles. The van der Waals surface area contributed by atoms with Gasteiger partial charge in [-0.2, -0.15) is 0 Å². The van der Waals surface area contributed by atoms with Gasteiger partial charge in [0.25, 0.3) is 5.91 Å². The summed E-state index contributed by atoms with van der Waals surface area (Å²) in [6.07, 6.45) is 12.0. The van der Waals surface area contributed by atoms with Crippen LogP contribution in [0.5, 0.6) is 5.75 Å². The van der Waals surface area contributed by atoms with Crippen LogP contribution in [0.3, 0.4) is 0 Å². The number of carbonyl (C=O) groups excluding carboxylic acids is 1. The molecular weight excluding hydrogens is 530 g/mol. The van der Waals surface area contributed by atoms with Gasteiger partial charge in [-0.05, 0) is 43.5 Å². The van der Waals surface area contributed by atoms with Crippen molar-refractivity contribution < 1.29 is 19.4 Å². The first kappa shape index (κ1) is 32.0. The molecule has 4 N–H and O–H groups in total. The molecule has 0 saturated heterocycles. The van der Waals surface area contributed by atoms with Gasteiger partial charge in [0.2, 0.25) is 0 Å². The lowest BCUT2D eigenvalue weighted by Crippen LogP contribution is -2.43. The molecule has 9 heteroatoms. The fourth-order valence-electron chi connectivity index (χ4n) is 4.16. The Morgan fingerprint density at radius 3 is 2.17 bits per heavy atom. The Morgan fingerprint density at radius 1 is 0.929 bits per heavy atom. The van der Waals surface area contributed by atoms with Gasteiger partial charge in [0.1, 0.15) is 11.8 Å². The third-order valence-corrected chi connectivity index (χ3v) is 6.60. The molecule has 0 fully saturated rings. The second kappa shape index (κ2) is 16.7. The molecular formula is C33H41N5O4. The minimum absolute atomic E-state index is 0.0448. The molecule has 0 radical (unpaired) electrons. The number of hydrogen-bond donors (Lipinski definition) is 4. The van der Waals surface area contributed by atoms with Gasteiger partial charge in [-0.3, -0.25) is 4.79 Å². The zero-order valence-corrected chi connectivity index (χ0v) is 24.6. The number of amides is 1. The average molecular weight is 572 g/mol. The molecule has 2 aromatic carbocycles. The van der Waals surface area contributed by atoms with Crippen molar-refractivity contribution in [2.75, 3.05) is 6.61 Å².